The summed E-state index contributed by atoms with van der Waals surface area (Å²) in [6, 6.07) is 6.05. The number of halogens is 9. The number of hydrogen-bond donors (Lipinski definition) is 0. The van der Waals surface area contributed by atoms with Crippen molar-refractivity contribution in [3.05, 3.63) is 58.7 Å². The molecule has 0 bridgehead atoms. The maximum absolute atomic E-state index is 13.5. The summed E-state index contributed by atoms with van der Waals surface area (Å²) in [6.07, 6.45) is -4.70. The van der Waals surface area contributed by atoms with Gasteiger partial charge in [-0.05, 0) is 6.21 Å². The van der Waals surface area contributed by atoms with Gasteiger partial charge < -0.3 is 0 Å². The number of aliphatic imine (C=N–C) groups is 1. The quantitative estimate of drug-likeness (QED) is 0.181. The summed E-state index contributed by atoms with van der Waals surface area (Å²) in [4.78, 5) is 3.17. The molecule has 2 rings (SSSR count). The molecular formula is C13H5Cl2F7NTi-. The van der Waals surface area contributed by atoms with Crippen LogP contribution in [0.15, 0.2) is 29.3 Å². The van der Waals surface area contributed by atoms with Crippen LogP contribution >= 0.6 is 18.6 Å². The maximum atomic E-state index is 13.5. The Balaban J connectivity index is 0.000000891. The van der Waals surface area contributed by atoms with E-state index in [9.17, 15) is 30.7 Å². The molecule has 0 fully saturated rings. The molecule has 2 aromatic rings. The van der Waals surface area contributed by atoms with Crippen molar-refractivity contribution in [2.75, 3.05) is 0 Å². The Labute approximate surface area is 148 Å². The Kier molecular flexibility index (Phi) is 7.86. The van der Waals surface area contributed by atoms with Gasteiger partial charge >= 0.3 is 41.8 Å². The molecule has 2 aromatic carbocycles. The molecule has 0 atom stereocenters. The van der Waals surface area contributed by atoms with E-state index in [1.54, 1.807) is 12.1 Å². The van der Waals surface area contributed by atoms with E-state index in [1.807, 2.05) is 0 Å². The molecular weight excluding hydrogens is 422 g/mol. The van der Waals surface area contributed by atoms with Gasteiger partial charge in [-0.2, -0.15) is 31.4 Å². The van der Waals surface area contributed by atoms with Crippen LogP contribution in [-0.4, -0.2) is 6.21 Å². The number of alkyl halides is 3. The van der Waals surface area contributed by atoms with E-state index < -0.39 is 57.7 Å². The van der Waals surface area contributed by atoms with Crippen LogP contribution in [0.25, 0.3) is 0 Å². The van der Waals surface area contributed by atoms with Gasteiger partial charge in [0.25, 0.3) is 0 Å². The first-order chi connectivity index (χ1) is 11.1. The third kappa shape index (κ3) is 5.02. The number of nitrogens with zero attached hydrogens (tertiary/aromatic N) is 1. The summed E-state index contributed by atoms with van der Waals surface area (Å²) in [6.45, 7) is 0. The zero-order valence-electron chi connectivity index (χ0n) is 11.2. The van der Waals surface area contributed by atoms with E-state index in [0.29, 0.717) is 5.56 Å². The number of rotatable bonds is 2. The summed E-state index contributed by atoms with van der Waals surface area (Å²) in [5.74, 6) is -9.47. The molecule has 0 aliphatic heterocycles. The van der Waals surface area contributed by atoms with Crippen molar-refractivity contribution in [1.29, 1.82) is 0 Å². The predicted octanol–water partition coefficient (Wildman–Crippen LogP) is 6.11. The molecule has 0 radical (unpaired) electrons. The Hall–Kier alpha value is -0.956. The fraction of sp³-hybridized carbons (Fsp3) is 0.0769. The average molecular weight is 427 g/mol. The van der Waals surface area contributed by atoms with Crippen molar-refractivity contribution in [2.45, 2.75) is 6.18 Å². The van der Waals surface area contributed by atoms with E-state index >= 15 is 0 Å². The van der Waals surface area contributed by atoms with Crippen molar-refractivity contribution in [3.63, 3.8) is 0 Å². The first kappa shape index (κ1) is 21.1. The van der Waals surface area contributed by atoms with Gasteiger partial charge in [-0.3, -0.25) is 4.99 Å². The van der Waals surface area contributed by atoms with Gasteiger partial charge in [0.1, 0.15) is 11.3 Å². The molecule has 1 nitrogen and oxygen atoms in total. The second-order valence-electron chi connectivity index (χ2n) is 4.03. The van der Waals surface area contributed by atoms with Crippen LogP contribution in [0.4, 0.5) is 36.4 Å². The zero-order chi connectivity index (χ0) is 18.5. The van der Waals surface area contributed by atoms with Crippen molar-refractivity contribution < 1.29 is 47.8 Å². The van der Waals surface area contributed by atoms with Crippen molar-refractivity contribution in [3.8, 4) is 0 Å². The Bertz CT molecular complexity index is 685. The minimum absolute atomic E-state index is 0.356. The minimum atomic E-state index is -5.57. The molecule has 24 heavy (non-hydrogen) atoms. The van der Waals surface area contributed by atoms with Gasteiger partial charge in [0, 0.05) is 0 Å². The van der Waals surface area contributed by atoms with Crippen LogP contribution in [0.2, 0.25) is 0 Å². The molecule has 0 spiro atoms. The normalized spacial score (nSPS) is 11.4. The first-order valence-electron chi connectivity index (χ1n) is 5.80. The van der Waals surface area contributed by atoms with Gasteiger partial charge in [-0.15, -0.1) is 11.6 Å². The van der Waals surface area contributed by atoms with Crippen molar-refractivity contribution in [2.24, 2.45) is 4.99 Å². The van der Waals surface area contributed by atoms with Crippen LogP contribution in [0.3, 0.4) is 0 Å². The molecule has 0 unspecified atom stereocenters. The molecule has 130 valence electrons. The molecule has 0 aliphatic rings. The van der Waals surface area contributed by atoms with Crippen LogP contribution in [0.1, 0.15) is 11.1 Å². The van der Waals surface area contributed by atoms with Crippen molar-refractivity contribution >= 4 is 30.5 Å². The van der Waals surface area contributed by atoms with Gasteiger partial charge in [0.2, 0.25) is 0 Å². The third-order valence-corrected chi connectivity index (χ3v) is 2.55. The molecule has 0 aliphatic carbocycles. The van der Waals surface area contributed by atoms with Crippen LogP contribution < -0.4 is 0 Å². The van der Waals surface area contributed by atoms with Gasteiger partial charge in [0.05, 0.1) is 0 Å². The number of benzene rings is 1. The molecule has 0 saturated carbocycles. The van der Waals surface area contributed by atoms with E-state index in [1.165, 1.54) is 12.1 Å². The topological polar surface area (TPSA) is 12.4 Å². The molecule has 0 saturated heterocycles. The summed E-state index contributed by atoms with van der Waals surface area (Å²) in [5, 5.41) is 0. The SMILES string of the molecule is Fc1c(F)c(C(F)(F)F)c(F)c(F)c1N=Cc1ccc[cH-]1.[Cl][Ti][Cl]. The number of hydrogen-bond acceptors (Lipinski definition) is 1. The Morgan fingerprint density at radius 2 is 1.50 bits per heavy atom. The summed E-state index contributed by atoms with van der Waals surface area (Å²) in [7, 11) is 9.78. The second kappa shape index (κ2) is 8.94. The Morgan fingerprint density at radius 3 is 1.88 bits per heavy atom. The van der Waals surface area contributed by atoms with E-state index in [4.69, 9.17) is 18.6 Å². The van der Waals surface area contributed by atoms with Gasteiger partial charge in [0.15, 0.2) is 23.3 Å². The Morgan fingerprint density at radius 1 is 1.00 bits per heavy atom. The van der Waals surface area contributed by atoms with Crippen molar-refractivity contribution in [1.82, 2.24) is 0 Å². The van der Waals surface area contributed by atoms with Crippen LogP contribution in [-0.2, 0) is 23.2 Å². The fourth-order valence-corrected chi connectivity index (χ4v) is 1.60. The predicted molar refractivity (Wildman–Crippen MR) is 72.3 cm³/mol. The standard InChI is InChI=1S/C13H5F7N.2ClH.Ti/c14-8-7(13(18,19)20)9(15)11(17)12(10(8)16)21-5-6-3-1-2-4-6;;;/h1-5H;2*1H;/q-1;;;+2/p-2. The molecule has 0 heterocycles. The first-order valence-corrected chi connectivity index (χ1v) is 10.1. The average Bonchev–Trinajstić information content (AvgIpc) is 2.98. The molecule has 0 aromatic heterocycles. The summed E-state index contributed by atoms with van der Waals surface area (Å²) >= 11 is -0.556. The van der Waals surface area contributed by atoms with E-state index in [0.717, 1.165) is 6.21 Å². The second-order valence-corrected chi connectivity index (χ2v) is 6.60. The summed E-state index contributed by atoms with van der Waals surface area (Å²) < 4.78 is 90.6. The van der Waals surface area contributed by atoms with Crippen LogP contribution in [0.5, 0.6) is 0 Å². The zero-order valence-corrected chi connectivity index (χ0v) is 14.3. The van der Waals surface area contributed by atoms with Gasteiger partial charge in [-0.25, -0.2) is 17.6 Å². The van der Waals surface area contributed by atoms with Crippen LogP contribution in [0, 0.1) is 23.3 Å². The molecule has 0 N–H and O–H groups in total. The third-order valence-electron chi connectivity index (χ3n) is 2.55. The van der Waals surface area contributed by atoms with E-state index in [2.05, 4.69) is 4.99 Å². The molecule has 11 heteroatoms. The van der Waals surface area contributed by atoms with Gasteiger partial charge in [-0.1, -0.05) is 0 Å². The summed E-state index contributed by atoms with van der Waals surface area (Å²) in [5.41, 5.74) is -3.72. The monoisotopic (exact) mass is 426 g/mol. The fourth-order valence-electron chi connectivity index (χ4n) is 1.60. The van der Waals surface area contributed by atoms with E-state index in [-0.39, 0.29) is 0 Å². The molecule has 0 amide bonds.